The third-order valence-corrected chi connectivity index (χ3v) is 6.27. The highest BCUT2D eigenvalue weighted by molar-refractivity contribution is 5.99. The van der Waals surface area contributed by atoms with Crippen LogP contribution in [0, 0.1) is 0 Å². The van der Waals surface area contributed by atoms with Crippen molar-refractivity contribution in [1.29, 1.82) is 0 Å². The number of ether oxygens (including phenoxy) is 4. The summed E-state index contributed by atoms with van der Waals surface area (Å²) in [6.45, 7) is 0.359. The monoisotopic (exact) mass is 504 g/mol. The summed E-state index contributed by atoms with van der Waals surface area (Å²) in [7, 11) is 5.84. The van der Waals surface area contributed by atoms with Gasteiger partial charge in [0.25, 0.3) is 5.91 Å². The molecular formula is C28H28N2O7. The molecule has 0 fully saturated rings. The lowest BCUT2D eigenvalue weighted by Gasteiger charge is -2.29. The lowest BCUT2D eigenvalue weighted by Crippen LogP contribution is -2.32. The summed E-state index contributed by atoms with van der Waals surface area (Å²) in [6.07, 6.45) is -0.0306. The maximum absolute atomic E-state index is 13.4. The molecule has 4 rings (SSSR count). The van der Waals surface area contributed by atoms with Crippen molar-refractivity contribution in [3.05, 3.63) is 82.9 Å². The van der Waals surface area contributed by atoms with Crippen molar-refractivity contribution in [2.24, 2.45) is 0 Å². The molecular weight excluding hydrogens is 476 g/mol. The van der Waals surface area contributed by atoms with Gasteiger partial charge in [0.2, 0.25) is 11.7 Å². The fourth-order valence-corrected chi connectivity index (χ4v) is 4.43. The Hall–Kier alpha value is -4.53. The predicted octanol–water partition coefficient (Wildman–Crippen LogP) is 4.22. The third kappa shape index (κ3) is 5.20. The first-order chi connectivity index (χ1) is 17.9. The minimum absolute atomic E-state index is 0.0306. The van der Waals surface area contributed by atoms with Crippen molar-refractivity contribution >= 4 is 23.5 Å². The first-order valence-electron chi connectivity index (χ1n) is 11.6. The van der Waals surface area contributed by atoms with E-state index in [1.54, 1.807) is 47.4 Å². The van der Waals surface area contributed by atoms with Gasteiger partial charge in [0.05, 0.1) is 46.5 Å². The molecule has 0 saturated heterocycles. The van der Waals surface area contributed by atoms with E-state index in [-0.39, 0.29) is 18.2 Å². The first-order valence-corrected chi connectivity index (χ1v) is 11.6. The number of amides is 2. The zero-order valence-corrected chi connectivity index (χ0v) is 21.1. The van der Waals surface area contributed by atoms with Gasteiger partial charge in [-0.2, -0.15) is 0 Å². The van der Waals surface area contributed by atoms with Crippen LogP contribution in [0.5, 0.6) is 17.2 Å². The fourth-order valence-electron chi connectivity index (χ4n) is 4.43. The maximum atomic E-state index is 13.4. The van der Waals surface area contributed by atoms with Crippen LogP contribution in [-0.4, -0.2) is 51.1 Å². The molecule has 1 unspecified atom stereocenters. The molecule has 3 aromatic carbocycles. The number of methoxy groups -OCH3 is 4. The Morgan fingerprint density at radius 2 is 1.57 bits per heavy atom. The molecule has 1 atom stereocenters. The third-order valence-electron chi connectivity index (χ3n) is 6.27. The first kappa shape index (κ1) is 25.6. The average Bonchev–Trinajstić information content (AvgIpc) is 3.26. The van der Waals surface area contributed by atoms with Crippen molar-refractivity contribution in [2.75, 3.05) is 33.8 Å². The number of hydrogen-bond donors (Lipinski definition) is 1. The summed E-state index contributed by atoms with van der Waals surface area (Å²) in [5, 5.41) is 2.85. The number of esters is 1. The van der Waals surface area contributed by atoms with Gasteiger partial charge in [0, 0.05) is 17.8 Å². The molecule has 0 aromatic heterocycles. The summed E-state index contributed by atoms with van der Waals surface area (Å²) in [4.78, 5) is 40.0. The largest absolute Gasteiger partial charge is 0.493 e. The number of fused-ring (bicyclic) bond motifs is 1. The number of rotatable bonds is 9. The molecule has 1 heterocycles. The number of nitrogens with zero attached hydrogens (tertiary/aromatic N) is 1. The summed E-state index contributed by atoms with van der Waals surface area (Å²) < 4.78 is 21.2. The number of carbonyl (C=O) groups is 3. The normalized spacial score (nSPS) is 13.0. The number of hydrogen-bond acceptors (Lipinski definition) is 7. The SMILES string of the molecule is COC(=O)c1ccc(NC(=O)CC(c2cc(OC)c(OC)c(OC)c2)N2Cc3ccccc3C2=O)cc1. The Kier molecular flexibility index (Phi) is 7.62. The van der Waals surface area contributed by atoms with E-state index in [0.717, 1.165) is 5.56 Å². The van der Waals surface area contributed by atoms with Gasteiger partial charge in [0.15, 0.2) is 11.5 Å². The van der Waals surface area contributed by atoms with Crippen LogP contribution < -0.4 is 19.5 Å². The lowest BCUT2D eigenvalue weighted by atomic mass is 10.00. The Bertz CT molecular complexity index is 1300. The maximum Gasteiger partial charge on any atom is 0.337 e. The van der Waals surface area contributed by atoms with E-state index in [2.05, 4.69) is 5.32 Å². The van der Waals surface area contributed by atoms with Crippen LogP contribution in [0.15, 0.2) is 60.7 Å². The molecule has 0 spiro atoms. The quantitative estimate of drug-likeness (QED) is 0.435. The molecule has 0 radical (unpaired) electrons. The Balaban J connectivity index is 1.66. The van der Waals surface area contributed by atoms with Crippen molar-refractivity contribution in [3.63, 3.8) is 0 Å². The topological polar surface area (TPSA) is 103 Å². The van der Waals surface area contributed by atoms with Gasteiger partial charge in [-0.25, -0.2) is 4.79 Å². The summed E-state index contributed by atoms with van der Waals surface area (Å²) in [6, 6.07) is 16.6. The van der Waals surface area contributed by atoms with Gasteiger partial charge in [-0.15, -0.1) is 0 Å². The van der Waals surface area contributed by atoms with Crippen LogP contribution in [0.3, 0.4) is 0 Å². The van der Waals surface area contributed by atoms with E-state index >= 15 is 0 Å². The second kappa shape index (κ2) is 11.0. The Morgan fingerprint density at radius 1 is 0.919 bits per heavy atom. The van der Waals surface area contributed by atoms with Crippen molar-refractivity contribution < 1.29 is 33.3 Å². The molecule has 1 aliphatic heterocycles. The van der Waals surface area contributed by atoms with Gasteiger partial charge in [0.1, 0.15) is 0 Å². The van der Waals surface area contributed by atoms with E-state index < -0.39 is 12.0 Å². The van der Waals surface area contributed by atoms with Gasteiger partial charge >= 0.3 is 5.97 Å². The van der Waals surface area contributed by atoms with Crippen LogP contribution >= 0.6 is 0 Å². The van der Waals surface area contributed by atoms with Crippen molar-refractivity contribution in [2.45, 2.75) is 19.0 Å². The smallest absolute Gasteiger partial charge is 0.337 e. The van der Waals surface area contributed by atoms with Crippen molar-refractivity contribution in [3.8, 4) is 17.2 Å². The molecule has 3 aromatic rings. The van der Waals surface area contributed by atoms with Gasteiger partial charge in [-0.05, 0) is 53.6 Å². The van der Waals surface area contributed by atoms with Crippen LogP contribution in [0.4, 0.5) is 5.69 Å². The van der Waals surface area contributed by atoms with Crippen molar-refractivity contribution in [1.82, 2.24) is 4.90 Å². The Morgan fingerprint density at radius 3 is 2.14 bits per heavy atom. The van der Waals surface area contributed by atoms with E-state index in [0.29, 0.717) is 46.2 Å². The molecule has 0 saturated carbocycles. The molecule has 1 N–H and O–H groups in total. The van der Waals surface area contributed by atoms with Crippen LogP contribution in [0.25, 0.3) is 0 Å². The van der Waals surface area contributed by atoms with E-state index in [1.165, 1.54) is 28.4 Å². The van der Waals surface area contributed by atoms with E-state index in [9.17, 15) is 14.4 Å². The molecule has 0 bridgehead atoms. The highest BCUT2D eigenvalue weighted by Crippen LogP contribution is 2.43. The fraction of sp³-hybridized carbons (Fsp3) is 0.250. The van der Waals surface area contributed by atoms with E-state index in [4.69, 9.17) is 18.9 Å². The molecule has 1 aliphatic rings. The average molecular weight is 505 g/mol. The summed E-state index contributed by atoms with van der Waals surface area (Å²) in [5.74, 6) is 0.318. The molecule has 2 amide bonds. The number of benzene rings is 3. The van der Waals surface area contributed by atoms with Gasteiger partial charge in [-0.3, -0.25) is 9.59 Å². The molecule has 9 nitrogen and oxygen atoms in total. The number of nitrogens with one attached hydrogen (secondary N) is 1. The molecule has 37 heavy (non-hydrogen) atoms. The highest BCUT2D eigenvalue weighted by atomic mass is 16.5. The standard InChI is InChI=1S/C28H28N2O7/c1-34-23-13-19(14-24(35-2)26(23)36-3)22(30-16-18-7-5-6-8-21(18)27(30)32)15-25(31)29-20-11-9-17(10-12-20)28(33)37-4/h5-14,22H,15-16H2,1-4H3,(H,29,31). The van der Waals surface area contributed by atoms with Crippen LogP contribution in [-0.2, 0) is 16.1 Å². The van der Waals surface area contributed by atoms with Gasteiger partial charge in [-0.1, -0.05) is 18.2 Å². The molecule has 9 heteroatoms. The zero-order chi connectivity index (χ0) is 26.5. The lowest BCUT2D eigenvalue weighted by molar-refractivity contribution is -0.117. The molecule has 192 valence electrons. The second-order valence-corrected chi connectivity index (χ2v) is 8.39. The van der Waals surface area contributed by atoms with Crippen LogP contribution in [0.1, 0.15) is 44.3 Å². The zero-order valence-electron chi connectivity index (χ0n) is 21.1. The van der Waals surface area contributed by atoms with E-state index in [1.807, 2.05) is 18.2 Å². The predicted molar refractivity (Wildman–Crippen MR) is 136 cm³/mol. The minimum atomic E-state index is -0.622. The summed E-state index contributed by atoms with van der Waals surface area (Å²) in [5.41, 5.74) is 3.04. The molecule has 0 aliphatic carbocycles. The Labute approximate surface area is 214 Å². The minimum Gasteiger partial charge on any atom is -0.493 e. The number of anilines is 1. The second-order valence-electron chi connectivity index (χ2n) is 8.39. The number of carbonyl (C=O) groups excluding carboxylic acids is 3. The van der Waals surface area contributed by atoms with Crippen LogP contribution in [0.2, 0.25) is 0 Å². The van der Waals surface area contributed by atoms with Gasteiger partial charge < -0.3 is 29.2 Å². The highest BCUT2D eigenvalue weighted by Gasteiger charge is 2.35. The summed E-state index contributed by atoms with van der Waals surface area (Å²) >= 11 is 0.